The summed E-state index contributed by atoms with van der Waals surface area (Å²) in [6.07, 6.45) is 1.23. The Hall–Kier alpha value is -1.26. The molecule has 0 aliphatic heterocycles. The second-order valence-electron chi connectivity index (χ2n) is 6.00. The zero-order chi connectivity index (χ0) is 12.8. The molecule has 4 unspecified atom stereocenters. The molecule has 0 aromatic heterocycles. The number of carboxylic acid groups (broad SMARTS) is 1. The molecule has 0 aromatic carbocycles. The van der Waals surface area contributed by atoms with Crippen LogP contribution >= 0.6 is 0 Å². The number of hydrogen-bond acceptors (Lipinski definition) is 3. The Labute approximate surface area is 101 Å². The molecule has 2 fully saturated rings. The van der Waals surface area contributed by atoms with Crippen LogP contribution in [-0.4, -0.2) is 28.8 Å². The largest absolute Gasteiger partial charge is 0.481 e. The second kappa shape index (κ2) is 3.89. The van der Waals surface area contributed by atoms with Crippen molar-refractivity contribution in [2.45, 2.75) is 45.3 Å². The highest BCUT2D eigenvalue weighted by Gasteiger charge is 2.57. The zero-order valence-corrected chi connectivity index (χ0v) is 10.4. The number of amides is 1. The van der Waals surface area contributed by atoms with Crippen molar-refractivity contribution in [1.82, 2.24) is 5.32 Å². The minimum Gasteiger partial charge on any atom is -0.481 e. The van der Waals surface area contributed by atoms with Gasteiger partial charge in [-0.1, -0.05) is 0 Å². The SMILES string of the molecule is CC(C)(C)OC(=O)NC1CC1C1CC1C(=O)O. The standard InChI is InChI=1S/C12H19NO4/c1-12(2,3)17-11(16)13-9-5-7(9)6-4-8(6)10(14)15/h6-9H,4-5H2,1-3H3,(H,13,16)(H,14,15). The topological polar surface area (TPSA) is 75.6 Å². The molecule has 0 spiro atoms. The van der Waals surface area contributed by atoms with Crippen molar-refractivity contribution in [2.24, 2.45) is 17.8 Å². The van der Waals surface area contributed by atoms with Gasteiger partial charge in [-0.3, -0.25) is 4.79 Å². The smallest absolute Gasteiger partial charge is 0.407 e. The molecule has 5 heteroatoms. The Morgan fingerprint density at radius 1 is 1.24 bits per heavy atom. The lowest BCUT2D eigenvalue weighted by Crippen LogP contribution is -2.34. The molecule has 0 bridgehead atoms. The fourth-order valence-corrected chi connectivity index (χ4v) is 2.28. The molecule has 5 nitrogen and oxygen atoms in total. The summed E-state index contributed by atoms with van der Waals surface area (Å²) in [6, 6.07) is 0.110. The summed E-state index contributed by atoms with van der Waals surface area (Å²) in [7, 11) is 0. The monoisotopic (exact) mass is 241 g/mol. The molecule has 1 amide bonds. The number of rotatable bonds is 3. The number of aliphatic carboxylic acids is 1. The van der Waals surface area contributed by atoms with E-state index in [4.69, 9.17) is 9.84 Å². The summed E-state index contributed by atoms with van der Waals surface area (Å²) in [6.45, 7) is 5.45. The number of carbonyl (C=O) groups is 2. The van der Waals surface area contributed by atoms with Crippen molar-refractivity contribution >= 4 is 12.1 Å². The van der Waals surface area contributed by atoms with E-state index in [-0.39, 0.29) is 17.9 Å². The number of carbonyl (C=O) groups excluding carboxylic acids is 1. The van der Waals surface area contributed by atoms with E-state index in [0.717, 1.165) is 12.8 Å². The van der Waals surface area contributed by atoms with Gasteiger partial charge in [0.2, 0.25) is 0 Å². The second-order valence-corrected chi connectivity index (χ2v) is 6.00. The van der Waals surface area contributed by atoms with Gasteiger partial charge in [0.05, 0.1) is 5.92 Å². The van der Waals surface area contributed by atoms with Crippen molar-refractivity contribution in [3.05, 3.63) is 0 Å². The fourth-order valence-electron chi connectivity index (χ4n) is 2.28. The molecule has 0 aromatic rings. The average molecular weight is 241 g/mol. The van der Waals surface area contributed by atoms with E-state index in [0.29, 0.717) is 5.92 Å². The first-order valence-electron chi connectivity index (χ1n) is 6.00. The maximum absolute atomic E-state index is 11.5. The van der Waals surface area contributed by atoms with Crippen LogP contribution in [0, 0.1) is 17.8 Å². The van der Waals surface area contributed by atoms with Crippen LogP contribution in [0.2, 0.25) is 0 Å². The normalized spacial score (nSPS) is 35.0. The van der Waals surface area contributed by atoms with Gasteiger partial charge < -0.3 is 15.2 Å². The first kappa shape index (κ1) is 12.2. The zero-order valence-electron chi connectivity index (χ0n) is 10.4. The van der Waals surface area contributed by atoms with Gasteiger partial charge >= 0.3 is 12.1 Å². The maximum Gasteiger partial charge on any atom is 0.407 e. The van der Waals surface area contributed by atoms with E-state index in [9.17, 15) is 9.59 Å². The first-order valence-corrected chi connectivity index (χ1v) is 6.00. The highest BCUT2D eigenvalue weighted by molar-refractivity contribution is 5.74. The Bertz CT molecular complexity index is 347. The number of carboxylic acids is 1. The number of alkyl carbamates (subject to hydrolysis) is 1. The summed E-state index contributed by atoms with van der Waals surface area (Å²) < 4.78 is 5.14. The quantitative estimate of drug-likeness (QED) is 0.787. The molecule has 17 heavy (non-hydrogen) atoms. The van der Waals surface area contributed by atoms with Gasteiger partial charge in [-0.25, -0.2) is 4.79 Å². The van der Waals surface area contributed by atoms with E-state index in [1.54, 1.807) is 0 Å². The lowest BCUT2D eigenvalue weighted by Gasteiger charge is -2.19. The Kier molecular flexibility index (Phi) is 2.79. The summed E-state index contributed by atoms with van der Waals surface area (Å²) >= 11 is 0. The van der Waals surface area contributed by atoms with Gasteiger partial charge in [0.1, 0.15) is 5.60 Å². The van der Waals surface area contributed by atoms with Gasteiger partial charge in [-0.15, -0.1) is 0 Å². The van der Waals surface area contributed by atoms with E-state index in [1.807, 2.05) is 20.8 Å². The minimum atomic E-state index is -0.710. The summed E-state index contributed by atoms with van der Waals surface area (Å²) in [4.78, 5) is 22.2. The number of ether oxygens (including phenoxy) is 1. The minimum absolute atomic E-state index is 0.110. The van der Waals surface area contributed by atoms with Crippen LogP contribution in [0.25, 0.3) is 0 Å². The molecular weight excluding hydrogens is 222 g/mol. The van der Waals surface area contributed by atoms with E-state index in [1.165, 1.54) is 0 Å². The molecule has 96 valence electrons. The molecule has 2 rings (SSSR count). The molecule has 2 aliphatic carbocycles. The summed E-state index contributed by atoms with van der Waals surface area (Å²) in [5.41, 5.74) is -0.488. The molecule has 0 radical (unpaired) electrons. The lowest BCUT2D eigenvalue weighted by atomic mass is 10.2. The molecule has 0 heterocycles. The Morgan fingerprint density at radius 2 is 1.88 bits per heavy atom. The van der Waals surface area contributed by atoms with Crippen LogP contribution in [0.1, 0.15) is 33.6 Å². The maximum atomic E-state index is 11.5. The summed E-state index contributed by atoms with van der Waals surface area (Å²) in [5, 5.41) is 11.6. The van der Waals surface area contributed by atoms with Crippen molar-refractivity contribution in [1.29, 1.82) is 0 Å². The van der Waals surface area contributed by atoms with E-state index >= 15 is 0 Å². The molecule has 2 saturated carbocycles. The third-order valence-corrected chi connectivity index (χ3v) is 3.25. The molecule has 4 atom stereocenters. The molecule has 0 saturated heterocycles. The van der Waals surface area contributed by atoms with Crippen LogP contribution in [0.15, 0.2) is 0 Å². The van der Waals surface area contributed by atoms with Gasteiger partial charge in [0.25, 0.3) is 0 Å². The van der Waals surface area contributed by atoms with Gasteiger partial charge in [0, 0.05) is 6.04 Å². The predicted molar refractivity (Wildman–Crippen MR) is 60.5 cm³/mol. The van der Waals surface area contributed by atoms with Crippen molar-refractivity contribution < 1.29 is 19.4 Å². The predicted octanol–water partition coefficient (Wildman–Crippen LogP) is 1.62. The third-order valence-electron chi connectivity index (χ3n) is 3.25. The van der Waals surface area contributed by atoms with Crippen LogP contribution in [0.3, 0.4) is 0 Å². The Balaban J connectivity index is 1.71. The fraction of sp³-hybridized carbons (Fsp3) is 0.833. The van der Waals surface area contributed by atoms with Crippen molar-refractivity contribution in [3.8, 4) is 0 Å². The third kappa shape index (κ3) is 3.11. The van der Waals surface area contributed by atoms with Crippen LogP contribution in [-0.2, 0) is 9.53 Å². The van der Waals surface area contributed by atoms with Crippen LogP contribution in [0.4, 0.5) is 4.79 Å². The van der Waals surface area contributed by atoms with Gasteiger partial charge in [0.15, 0.2) is 0 Å². The highest BCUT2D eigenvalue weighted by atomic mass is 16.6. The average Bonchev–Trinajstić information content (AvgIpc) is 2.88. The van der Waals surface area contributed by atoms with Crippen LogP contribution in [0.5, 0.6) is 0 Å². The summed E-state index contributed by atoms with van der Waals surface area (Å²) in [5.74, 6) is -0.306. The molecule has 2 aliphatic rings. The molecular formula is C12H19NO4. The Morgan fingerprint density at radius 3 is 2.35 bits per heavy atom. The first-order chi connectivity index (χ1) is 7.78. The highest BCUT2D eigenvalue weighted by Crippen LogP contribution is 2.54. The van der Waals surface area contributed by atoms with Crippen molar-refractivity contribution in [3.63, 3.8) is 0 Å². The molecule has 2 N–H and O–H groups in total. The lowest BCUT2D eigenvalue weighted by molar-refractivity contribution is -0.138. The van der Waals surface area contributed by atoms with Gasteiger partial charge in [-0.05, 0) is 45.4 Å². The van der Waals surface area contributed by atoms with Crippen LogP contribution < -0.4 is 5.32 Å². The number of hydrogen-bond donors (Lipinski definition) is 2. The van der Waals surface area contributed by atoms with E-state index in [2.05, 4.69) is 5.32 Å². The van der Waals surface area contributed by atoms with Gasteiger partial charge in [-0.2, -0.15) is 0 Å². The van der Waals surface area contributed by atoms with E-state index < -0.39 is 17.7 Å². The number of nitrogens with one attached hydrogen (secondary N) is 1. The van der Waals surface area contributed by atoms with Crippen molar-refractivity contribution in [2.75, 3.05) is 0 Å².